The van der Waals surface area contributed by atoms with Gasteiger partial charge in [0.2, 0.25) is 0 Å². The molecule has 0 aromatic heterocycles. The molecule has 3 heteroatoms. The maximum Gasteiger partial charge on any atom is 0.0468 e. The van der Waals surface area contributed by atoms with Crippen molar-refractivity contribution in [3.63, 3.8) is 0 Å². The van der Waals surface area contributed by atoms with Gasteiger partial charge in [-0.05, 0) is 43.0 Å². The van der Waals surface area contributed by atoms with Gasteiger partial charge in [-0.3, -0.25) is 0 Å². The number of benzene rings is 1. The maximum absolute atomic E-state index is 6.28. The lowest BCUT2D eigenvalue weighted by atomic mass is 10.0. The largest absolute Gasteiger partial charge is 0.310 e. The van der Waals surface area contributed by atoms with E-state index in [1.165, 1.54) is 37.7 Å². The molecule has 1 aliphatic carbocycles. The highest BCUT2D eigenvalue weighted by atomic mass is 35.5. The van der Waals surface area contributed by atoms with Crippen LogP contribution in [0.4, 0.5) is 0 Å². The minimum Gasteiger partial charge on any atom is -0.310 e. The Labute approximate surface area is 126 Å². The predicted molar refractivity (Wildman–Crippen MR) is 84.1 cm³/mol. The molecule has 1 unspecified atom stereocenters. The lowest BCUT2D eigenvalue weighted by Crippen LogP contribution is -2.23. The number of hydrogen-bond acceptors (Lipinski definition) is 1. The van der Waals surface area contributed by atoms with E-state index < -0.39 is 0 Å². The number of rotatable bonds is 6. The molecule has 1 saturated carbocycles. The highest BCUT2D eigenvalue weighted by Gasteiger charge is 2.16. The van der Waals surface area contributed by atoms with Gasteiger partial charge < -0.3 is 5.32 Å². The summed E-state index contributed by atoms with van der Waals surface area (Å²) in [5.41, 5.74) is 1.17. The molecule has 1 nitrogen and oxygen atoms in total. The van der Waals surface area contributed by atoms with Crippen LogP contribution in [0.5, 0.6) is 0 Å². The summed E-state index contributed by atoms with van der Waals surface area (Å²) in [4.78, 5) is 0. The first-order valence-corrected chi connectivity index (χ1v) is 8.14. The molecule has 19 heavy (non-hydrogen) atoms. The van der Waals surface area contributed by atoms with E-state index in [4.69, 9.17) is 23.2 Å². The fourth-order valence-corrected chi connectivity index (χ4v) is 3.56. The summed E-state index contributed by atoms with van der Waals surface area (Å²) in [6, 6.07) is 6.14. The molecule has 2 rings (SSSR count). The summed E-state index contributed by atoms with van der Waals surface area (Å²) >= 11 is 12.2. The van der Waals surface area contributed by atoms with Gasteiger partial charge in [0.15, 0.2) is 0 Å². The normalized spacial score (nSPS) is 17.8. The zero-order chi connectivity index (χ0) is 13.7. The molecule has 0 bridgehead atoms. The van der Waals surface area contributed by atoms with Gasteiger partial charge in [0.1, 0.15) is 0 Å². The second-order valence-corrected chi connectivity index (χ2v) is 6.36. The van der Waals surface area contributed by atoms with E-state index >= 15 is 0 Å². The van der Waals surface area contributed by atoms with Crippen LogP contribution in [0.1, 0.15) is 57.1 Å². The number of nitrogens with one attached hydrogen (secondary N) is 1. The summed E-state index contributed by atoms with van der Waals surface area (Å²) in [6.45, 7) is 3.28. The highest BCUT2D eigenvalue weighted by Crippen LogP contribution is 2.29. The Balaban J connectivity index is 1.88. The van der Waals surface area contributed by atoms with Gasteiger partial charge >= 0.3 is 0 Å². The van der Waals surface area contributed by atoms with Crippen LogP contribution >= 0.6 is 23.2 Å². The predicted octanol–water partition coefficient (Wildman–Crippen LogP) is 5.61. The zero-order valence-corrected chi connectivity index (χ0v) is 13.1. The lowest BCUT2D eigenvalue weighted by molar-refractivity contribution is 0.439. The van der Waals surface area contributed by atoms with Gasteiger partial charge in [0.25, 0.3) is 0 Å². The molecule has 1 fully saturated rings. The van der Waals surface area contributed by atoms with Gasteiger partial charge in [-0.1, -0.05) is 61.9 Å². The Morgan fingerprint density at radius 2 is 2.00 bits per heavy atom. The molecule has 0 saturated heterocycles. The SMILES string of the molecule is CCC(NCCC1CCCC1)c1ccc(Cl)cc1Cl. The third kappa shape index (κ3) is 4.37. The minimum atomic E-state index is 0.339. The zero-order valence-electron chi connectivity index (χ0n) is 11.6. The fourth-order valence-electron chi connectivity index (χ4n) is 3.02. The first kappa shape index (κ1) is 15.2. The Bertz CT molecular complexity index is 400. The molecule has 0 aliphatic heterocycles. The second kappa shape index (κ2) is 7.52. The van der Waals surface area contributed by atoms with Gasteiger partial charge in [-0.25, -0.2) is 0 Å². The first-order chi connectivity index (χ1) is 9.20. The lowest BCUT2D eigenvalue weighted by Gasteiger charge is -2.20. The fraction of sp³-hybridized carbons (Fsp3) is 0.625. The quantitative estimate of drug-likeness (QED) is 0.719. The van der Waals surface area contributed by atoms with Crippen molar-refractivity contribution in [2.24, 2.45) is 5.92 Å². The van der Waals surface area contributed by atoms with E-state index in [0.29, 0.717) is 11.1 Å². The molecule has 1 N–H and O–H groups in total. The molecule has 106 valence electrons. The molecule has 1 aromatic carbocycles. The smallest absolute Gasteiger partial charge is 0.0468 e. The van der Waals surface area contributed by atoms with Crippen LogP contribution in [0.3, 0.4) is 0 Å². The molecule has 0 radical (unpaired) electrons. The van der Waals surface area contributed by atoms with Crippen molar-refractivity contribution in [2.75, 3.05) is 6.54 Å². The van der Waals surface area contributed by atoms with Gasteiger partial charge in [-0.15, -0.1) is 0 Å². The summed E-state index contributed by atoms with van der Waals surface area (Å²) in [5, 5.41) is 5.12. The molecule has 0 amide bonds. The van der Waals surface area contributed by atoms with E-state index in [1.807, 2.05) is 18.2 Å². The van der Waals surface area contributed by atoms with Crippen molar-refractivity contribution in [2.45, 2.75) is 51.5 Å². The monoisotopic (exact) mass is 299 g/mol. The standard InChI is InChI=1S/C16H23Cl2N/c1-2-16(14-8-7-13(17)11-15(14)18)19-10-9-12-5-3-4-6-12/h7-8,11-12,16,19H,2-6,9-10H2,1H3. The van der Waals surface area contributed by atoms with Crippen molar-refractivity contribution in [1.29, 1.82) is 0 Å². The van der Waals surface area contributed by atoms with E-state index in [2.05, 4.69) is 12.2 Å². The number of halogens is 2. The Hall–Kier alpha value is -0.240. The van der Waals surface area contributed by atoms with Crippen molar-refractivity contribution in [3.05, 3.63) is 33.8 Å². The van der Waals surface area contributed by atoms with Crippen molar-refractivity contribution in [1.82, 2.24) is 5.32 Å². The molecular weight excluding hydrogens is 277 g/mol. The maximum atomic E-state index is 6.28. The molecule has 1 atom stereocenters. The van der Waals surface area contributed by atoms with Crippen LogP contribution in [-0.4, -0.2) is 6.54 Å². The van der Waals surface area contributed by atoms with E-state index in [0.717, 1.165) is 23.9 Å². The molecule has 0 spiro atoms. The van der Waals surface area contributed by atoms with E-state index in [-0.39, 0.29) is 0 Å². The Morgan fingerprint density at radius 3 is 2.63 bits per heavy atom. The molecule has 1 aliphatic rings. The topological polar surface area (TPSA) is 12.0 Å². The highest BCUT2D eigenvalue weighted by molar-refractivity contribution is 6.35. The average molecular weight is 300 g/mol. The molecule has 1 aromatic rings. The van der Waals surface area contributed by atoms with Crippen LogP contribution in [0.25, 0.3) is 0 Å². The van der Waals surface area contributed by atoms with Crippen molar-refractivity contribution < 1.29 is 0 Å². The third-order valence-electron chi connectivity index (χ3n) is 4.16. The first-order valence-electron chi connectivity index (χ1n) is 7.39. The van der Waals surface area contributed by atoms with Crippen LogP contribution in [0.2, 0.25) is 10.0 Å². The van der Waals surface area contributed by atoms with Crippen LogP contribution in [0, 0.1) is 5.92 Å². The Kier molecular flexibility index (Phi) is 6.00. The van der Waals surface area contributed by atoms with Gasteiger partial charge in [0.05, 0.1) is 0 Å². The summed E-state index contributed by atoms with van der Waals surface area (Å²) in [5.74, 6) is 0.936. The summed E-state index contributed by atoms with van der Waals surface area (Å²) in [6.07, 6.45) is 8.02. The summed E-state index contributed by atoms with van der Waals surface area (Å²) in [7, 11) is 0. The average Bonchev–Trinajstić information content (AvgIpc) is 2.89. The van der Waals surface area contributed by atoms with Crippen LogP contribution in [-0.2, 0) is 0 Å². The summed E-state index contributed by atoms with van der Waals surface area (Å²) < 4.78 is 0. The van der Waals surface area contributed by atoms with Crippen LogP contribution < -0.4 is 5.32 Å². The molecule has 0 heterocycles. The van der Waals surface area contributed by atoms with E-state index in [9.17, 15) is 0 Å². The van der Waals surface area contributed by atoms with Gasteiger partial charge in [-0.2, -0.15) is 0 Å². The van der Waals surface area contributed by atoms with E-state index in [1.54, 1.807) is 0 Å². The Morgan fingerprint density at radius 1 is 1.26 bits per heavy atom. The van der Waals surface area contributed by atoms with Crippen molar-refractivity contribution in [3.8, 4) is 0 Å². The second-order valence-electron chi connectivity index (χ2n) is 5.52. The third-order valence-corrected chi connectivity index (χ3v) is 4.73. The minimum absolute atomic E-state index is 0.339. The molecular formula is C16H23Cl2N. The van der Waals surface area contributed by atoms with Crippen molar-refractivity contribution >= 4 is 23.2 Å². The van der Waals surface area contributed by atoms with Crippen LogP contribution in [0.15, 0.2) is 18.2 Å². The number of hydrogen-bond donors (Lipinski definition) is 1. The van der Waals surface area contributed by atoms with Gasteiger partial charge in [0, 0.05) is 16.1 Å².